The molecule has 1 atom stereocenters. The van der Waals surface area contributed by atoms with E-state index < -0.39 is 11.7 Å². The van der Waals surface area contributed by atoms with Crippen LogP contribution in [0.3, 0.4) is 0 Å². The van der Waals surface area contributed by atoms with Gasteiger partial charge in [-0.3, -0.25) is 5.41 Å². The van der Waals surface area contributed by atoms with E-state index in [2.05, 4.69) is 4.98 Å². The van der Waals surface area contributed by atoms with Gasteiger partial charge >= 0.3 is 6.18 Å². The van der Waals surface area contributed by atoms with Crippen LogP contribution in [-0.2, 0) is 10.9 Å². The van der Waals surface area contributed by atoms with E-state index in [1.54, 1.807) is 16.3 Å². The van der Waals surface area contributed by atoms with Crippen LogP contribution in [0.25, 0.3) is 16.8 Å². The zero-order chi connectivity index (χ0) is 19.9. The lowest BCUT2D eigenvalue weighted by atomic mass is 10.1. The summed E-state index contributed by atoms with van der Waals surface area (Å²) >= 11 is 1.20. The summed E-state index contributed by atoms with van der Waals surface area (Å²) in [7, 11) is 0. The van der Waals surface area contributed by atoms with Gasteiger partial charge in [0, 0.05) is 24.1 Å². The van der Waals surface area contributed by atoms with Gasteiger partial charge in [-0.05, 0) is 25.0 Å². The maximum Gasteiger partial charge on any atom is 0.416 e. The van der Waals surface area contributed by atoms with Gasteiger partial charge in [-0.2, -0.15) is 13.2 Å². The quantitative estimate of drug-likeness (QED) is 0.776. The number of amidine groups is 1. The summed E-state index contributed by atoms with van der Waals surface area (Å²) in [6, 6.07) is 4.97. The number of aromatic nitrogens is 1. The van der Waals surface area contributed by atoms with Gasteiger partial charge in [0.2, 0.25) is 0 Å². The maximum atomic E-state index is 12.9. The number of rotatable bonds is 4. The number of aliphatic hydroxyl groups excluding tert-OH is 1. The zero-order valence-corrected chi connectivity index (χ0v) is 15.6. The maximum absolute atomic E-state index is 12.9. The number of halogens is 3. The van der Waals surface area contributed by atoms with E-state index in [9.17, 15) is 18.3 Å². The molecule has 148 valence electrons. The van der Waals surface area contributed by atoms with Crippen LogP contribution in [0, 0.1) is 5.41 Å². The summed E-state index contributed by atoms with van der Waals surface area (Å²) in [5.74, 6) is 0.214. The van der Waals surface area contributed by atoms with E-state index in [0.717, 1.165) is 25.0 Å². The minimum absolute atomic E-state index is 0.0458. The van der Waals surface area contributed by atoms with Gasteiger partial charge < -0.3 is 14.7 Å². The van der Waals surface area contributed by atoms with Crippen molar-refractivity contribution in [2.45, 2.75) is 25.1 Å². The summed E-state index contributed by atoms with van der Waals surface area (Å²) < 4.78 is 44.4. The molecule has 2 aliphatic rings. The Hall–Kier alpha value is -2.39. The van der Waals surface area contributed by atoms with Crippen molar-refractivity contribution in [1.82, 2.24) is 9.88 Å². The van der Waals surface area contributed by atoms with E-state index >= 15 is 0 Å². The number of aliphatic hydroxyl groups is 1. The van der Waals surface area contributed by atoms with Crippen LogP contribution in [0.2, 0.25) is 0 Å². The Labute approximate surface area is 163 Å². The highest BCUT2D eigenvalue weighted by Gasteiger charge is 2.33. The molecule has 28 heavy (non-hydrogen) atoms. The summed E-state index contributed by atoms with van der Waals surface area (Å²) in [6.45, 7) is 1.45. The van der Waals surface area contributed by atoms with E-state index in [0.29, 0.717) is 35.0 Å². The number of ether oxygens (including phenoxy) is 1. The molecule has 2 aliphatic heterocycles. The monoisotopic (exact) mass is 409 g/mol. The Morgan fingerprint density at radius 1 is 1.36 bits per heavy atom. The fourth-order valence-electron chi connectivity index (χ4n) is 3.42. The third-order valence-electron chi connectivity index (χ3n) is 4.83. The molecule has 4 rings (SSSR count). The molecule has 0 saturated carbocycles. The van der Waals surface area contributed by atoms with E-state index in [1.165, 1.54) is 17.4 Å². The van der Waals surface area contributed by atoms with Crippen molar-refractivity contribution in [2.24, 2.45) is 0 Å². The zero-order valence-electron chi connectivity index (χ0n) is 14.8. The molecule has 1 saturated heterocycles. The second kappa shape index (κ2) is 7.21. The molecule has 5 nitrogen and oxygen atoms in total. The van der Waals surface area contributed by atoms with Gasteiger partial charge in [0.05, 0.1) is 29.5 Å². The van der Waals surface area contributed by atoms with Gasteiger partial charge in [-0.1, -0.05) is 12.1 Å². The van der Waals surface area contributed by atoms with Crippen molar-refractivity contribution in [3.8, 4) is 11.3 Å². The lowest BCUT2D eigenvalue weighted by Crippen LogP contribution is -2.34. The first kappa shape index (κ1) is 18.9. The first-order valence-electron chi connectivity index (χ1n) is 8.84. The molecular weight excluding hydrogens is 391 g/mol. The molecule has 0 amide bonds. The number of alkyl halides is 3. The molecule has 0 spiro atoms. The van der Waals surface area contributed by atoms with Crippen LogP contribution in [-0.4, -0.2) is 46.6 Å². The van der Waals surface area contributed by atoms with E-state index in [4.69, 9.17) is 10.1 Å². The fourth-order valence-corrected chi connectivity index (χ4v) is 4.32. The standard InChI is InChI=1S/C19H18F3N3O2S/c20-19(21,22)12-4-1-3-11(7-12)14-10-28-18(24-14)16-15(26)9-25(17(16)23)8-13-5-2-6-27-13/h1,3-4,7,10,13,23,26H,2,5-6,8-9H2. The number of hydrogen-bond donors (Lipinski definition) is 2. The largest absolute Gasteiger partial charge is 0.510 e. The second-order valence-corrected chi connectivity index (χ2v) is 7.66. The predicted molar refractivity (Wildman–Crippen MR) is 100 cm³/mol. The van der Waals surface area contributed by atoms with Crippen LogP contribution in [0.5, 0.6) is 0 Å². The Balaban J connectivity index is 1.56. The second-order valence-electron chi connectivity index (χ2n) is 6.80. The SMILES string of the molecule is N=C1C(c2nc(-c3cccc(C(F)(F)F)c3)cs2)=C(O)CN1CC1CCCO1. The summed E-state index contributed by atoms with van der Waals surface area (Å²) in [5, 5.41) is 20.8. The Bertz CT molecular complexity index is 933. The Morgan fingerprint density at radius 3 is 2.89 bits per heavy atom. The summed E-state index contributed by atoms with van der Waals surface area (Å²) in [6.07, 6.45) is -2.46. The smallest absolute Gasteiger partial charge is 0.416 e. The minimum atomic E-state index is -4.42. The van der Waals surface area contributed by atoms with Crippen molar-refractivity contribution in [2.75, 3.05) is 19.7 Å². The number of nitrogens with zero attached hydrogens (tertiary/aromatic N) is 2. The highest BCUT2D eigenvalue weighted by molar-refractivity contribution is 7.11. The first-order chi connectivity index (χ1) is 13.3. The van der Waals surface area contributed by atoms with Crippen LogP contribution in [0.4, 0.5) is 13.2 Å². The molecule has 3 heterocycles. The number of benzene rings is 1. The lowest BCUT2D eigenvalue weighted by molar-refractivity contribution is -0.137. The lowest BCUT2D eigenvalue weighted by Gasteiger charge is -2.21. The minimum Gasteiger partial charge on any atom is -0.510 e. The van der Waals surface area contributed by atoms with Crippen LogP contribution >= 0.6 is 11.3 Å². The first-order valence-corrected chi connectivity index (χ1v) is 9.72. The molecule has 1 unspecified atom stereocenters. The molecule has 2 N–H and O–H groups in total. The highest BCUT2D eigenvalue weighted by Crippen LogP contribution is 2.35. The van der Waals surface area contributed by atoms with Crippen molar-refractivity contribution < 1.29 is 23.0 Å². The highest BCUT2D eigenvalue weighted by atomic mass is 32.1. The predicted octanol–water partition coefficient (Wildman–Crippen LogP) is 4.57. The van der Waals surface area contributed by atoms with Crippen LogP contribution < -0.4 is 0 Å². The molecule has 0 radical (unpaired) electrons. The topological polar surface area (TPSA) is 69.4 Å². The van der Waals surface area contributed by atoms with Gasteiger partial charge in [-0.15, -0.1) is 11.3 Å². The summed E-state index contributed by atoms with van der Waals surface area (Å²) in [5.41, 5.74) is 0.328. The molecule has 1 aromatic heterocycles. The van der Waals surface area contributed by atoms with Crippen molar-refractivity contribution in [3.05, 3.63) is 46.0 Å². The van der Waals surface area contributed by atoms with E-state index in [1.807, 2.05) is 0 Å². The average molecular weight is 409 g/mol. The third kappa shape index (κ3) is 3.64. The van der Waals surface area contributed by atoms with Crippen LogP contribution in [0.1, 0.15) is 23.4 Å². The number of hydrogen-bond acceptors (Lipinski definition) is 5. The van der Waals surface area contributed by atoms with Crippen molar-refractivity contribution in [1.29, 1.82) is 5.41 Å². The van der Waals surface area contributed by atoms with Gasteiger partial charge in [0.25, 0.3) is 0 Å². The van der Waals surface area contributed by atoms with Crippen molar-refractivity contribution >= 4 is 22.7 Å². The molecule has 2 aromatic rings. The van der Waals surface area contributed by atoms with Gasteiger partial charge in [-0.25, -0.2) is 4.98 Å². The number of thiazole rings is 1. The molecule has 9 heteroatoms. The Morgan fingerprint density at radius 2 is 2.18 bits per heavy atom. The molecule has 0 bridgehead atoms. The molecule has 0 aliphatic carbocycles. The fraction of sp³-hybridized carbons (Fsp3) is 0.368. The normalized spacial score (nSPS) is 20.5. The number of nitrogens with one attached hydrogen (secondary N) is 1. The van der Waals surface area contributed by atoms with Crippen molar-refractivity contribution in [3.63, 3.8) is 0 Å². The van der Waals surface area contributed by atoms with Gasteiger partial charge in [0.1, 0.15) is 16.6 Å². The molecular formula is C19H18F3N3O2S. The molecule has 1 aromatic carbocycles. The molecule has 1 fully saturated rings. The average Bonchev–Trinajstić information content (AvgIpc) is 3.37. The van der Waals surface area contributed by atoms with E-state index in [-0.39, 0.29) is 24.2 Å². The third-order valence-corrected chi connectivity index (χ3v) is 5.69. The Kier molecular flexibility index (Phi) is 4.88. The van der Waals surface area contributed by atoms with Crippen LogP contribution in [0.15, 0.2) is 35.4 Å². The summed E-state index contributed by atoms with van der Waals surface area (Å²) in [4.78, 5) is 6.13. The van der Waals surface area contributed by atoms with Gasteiger partial charge in [0.15, 0.2) is 0 Å².